The number of aryl methyl sites for hydroxylation is 1. The van der Waals surface area contributed by atoms with Crippen molar-refractivity contribution in [3.05, 3.63) is 33.2 Å². The molecule has 0 aliphatic rings. The van der Waals surface area contributed by atoms with E-state index >= 15 is 0 Å². The zero-order chi connectivity index (χ0) is 10.3. The molecule has 14 heavy (non-hydrogen) atoms. The van der Waals surface area contributed by atoms with Gasteiger partial charge in [-0.2, -0.15) is 0 Å². The predicted octanol–water partition coefficient (Wildman–Crippen LogP) is 3.90. The third-order valence-electron chi connectivity index (χ3n) is 1.98. The molecule has 0 atom stereocenters. The first kappa shape index (κ1) is 9.97. The fraction of sp³-hybridized carbons (Fsp3) is 0.111. The number of nitrogens with zero attached hydrogens (tertiary/aromatic N) is 2. The van der Waals surface area contributed by atoms with Crippen molar-refractivity contribution in [3.63, 3.8) is 0 Å². The lowest BCUT2D eigenvalue weighted by Crippen LogP contribution is -1.89. The predicted molar refractivity (Wildman–Crippen MR) is 59.3 cm³/mol. The lowest BCUT2D eigenvalue weighted by Gasteiger charge is -2.04. The van der Waals surface area contributed by atoms with Crippen LogP contribution in [-0.2, 0) is 0 Å². The van der Waals surface area contributed by atoms with Gasteiger partial charge < -0.3 is 0 Å². The molecule has 2 rings (SSSR count). The summed E-state index contributed by atoms with van der Waals surface area (Å²) in [6, 6.07) is 3.55. The van der Waals surface area contributed by atoms with E-state index in [2.05, 4.69) is 9.97 Å². The minimum absolute atomic E-state index is 0.132. The third kappa shape index (κ3) is 1.54. The van der Waals surface area contributed by atoms with E-state index in [1.165, 1.54) is 0 Å². The van der Waals surface area contributed by atoms with E-state index in [4.69, 9.17) is 34.8 Å². The van der Waals surface area contributed by atoms with Crippen LogP contribution in [0.15, 0.2) is 12.1 Å². The Kier molecular flexibility index (Phi) is 2.52. The number of rotatable bonds is 0. The van der Waals surface area contributed by atoms with Gasteiger partial charge in [-0.15, -0.1) is 0 Å². The van der Waals surface area contributed by atoms with Crippen molar-refractivity contribution in [2.24, 2.45) is 0 Å². The third-order valence-corrected chi connectivity index (χ3v) is 2.85. The van der Waals surface area contributed by atoms with Gasteiger partial charge in [0, 0.05) is 10.4 Å². The second kappa shape index (κ2) is 3.54. The van der Waals surface area contributed by atoms with Crippen molar-refractivity contribution >= 4 is 45.7 Å². The van der Waals surface area contributed by atoms with Crippen molar-refractivity contribution in [3.8, 4) is 0 Å². The standard InChI is InChI=1S/C9H5Cl3N2/c1-4-6(10)3-2-5-7(4)13-9(12)14-8(5)11/h2-3H,1H3. The van der Waals surface area contributed by atoms with Gasteiger partial charge in [0.25, 0.3) is 0 Å². The van der Waals surface area contributed by atoms with E-state index < -0.39 is 0 Å². The van der Waals surface area contributed by atoms with Crippen LogP contribution in [0.3, 0.4) is 0 Å². The Morgan fingerprint density at radius 2 is 1.79 bits per heavy atom. The fourth-order valence-corrected chi connectivity index (χ4v) is 1.84. The Hall–Kier alpha value is -0.570. The lowest BCUT2D eigenvalue weighted by atomic mass is 10.1. The molecule has 5 heteroatoms. The van der Waals surface area contributed by atoms with Crippen LogP contribution in [0.4, 0.5) is 0 Å². The van der Waals surface area contributed by atoms with E-state index in [1.807, 2.05) is 6.92 Å². The summed E-state index contributed by atoms with van der Waals surface area (Å²) in [7, 11) is 0. The molecule has 0 spiro atoms. The number of fused-ring (bicyclic) bond motifs is 1. The minimum Gasteiger partial charge on any atom is -0.217 e. The van der Waals surface area contributed by atoms with Gasteiger partial charge >= 0.3 is 0 Å². The highest BCUT2D eigenvalue weighted by molar-refractivity contribution is 6.37. The van der Waals surface area contributed by atoms with Gasteiger partial charge in [0.1, 0.15) is 5.15 Å². The molecule has 0 bridgehead atoms. The van der Waals surface area contributed by atoms with Crippen LogP contribution >= 0.6 is 34.8 Å². The van der Waals surface area contributed by atoms with Gasteiger partial charge in [-0.1, -0.05) is 23.2 Å². The molecular formula is C9H5Cl3N2. The molecule has 0 amide bonds. The summed E-state index contributed by atoms with van der Waals surface area (Å²) in [6.07, 6.45) is 0. The maximum Gasteiger partial charge on any atom is 0.224 e. The molecule has 1 aromatic heterocycles. The Morgan fingerprint density at radius 3 is 2.50 bits per heavy atom. The molecule has 72 valence electrons. The van der Waals surface area contributed by atoms with E-state index in [0.717, 1.165) is 10.9 Å². The van der Waals surface area contributed by atoms with Crippen LogP contribution in [0.1, 0.15) is 5.56 Å². The van der Waals surface area contributed by atoms with E-state index in [9.17, 15) is 0 Å². The molecule has 2 nitrogen and oxygen atoms in total. The normalized spacial score (nSPS) is 10.9. The molecule has 0 radical (unpaired) electrons. The van der Waals surface area contributed by atoms with E-state index in [0.29, 0.717) is 15.7 Å². The van der Waals surface area contributed by atoms with E-state index in [-0.39, 0.29) is 5.28 Å². The number of aromatic nitrogens is 2. The maximum absolute atomic E-state index is 5.95. The summed E-state index contributed by atoms with van der Waals surface area (Å²) in [5.74, 6) is 0. The molecule has 0 aliphatic heterocycles. The quantitative estimate of drug-likeness (QED) is 0.521. The van der Waals surface area contributed by atoms with Crippen molar-refractivity contribution in [1.82, 2.24) is 9.97 Å². The van der Waals surface area contributed by atoms with Gasteiger partial charge in [0.15, 0.2) is 0 Å². The van der Waals surface area contributed by atoms with Gasteiger partial charge in [0.05, 0.1) is 5.52 Å². The molecule has 1 aromatic carbocycles. The Morgan fingerprint density at radius 1 is 1.07 bits per heavy atom. The number of hydrogen-bond acceptors (Lipinski definition) is 2. The Labute approximate surface area is 95.8 Å². The summed E-state index contributed by atoms with van der Waals surface area (Å²) >= 11 is 17.6. The molecule has 0 unspecified atom stereocenters. The summed E-state index contributed by atoms with van der Waals surface area (Å²) in [6.45, 7) is 1.87. The lowest BCUT2D eigenvalue weighted by molar-refractivity contribution is 1.21. The van der Waals surface area contributed by atoms with Crippen LogP contribution in [0.25, 0.3) is 10.9 Å². The summed E-state index contributed by atoms with van der Waals surface area (Å²) in [4.78, 5) is 7.93. The first-order valence-corrected chi connectivity index (χ1v) is 5.01. The van der Waals surface area contributed by atoms with Crippen LogP contribution in [0.5, 0.6) is 0 Å². The van der Waals surface area contributed by atoms with Crippen molar-refractivity contribution in [2.75, 3.05) is 0 Å². The highest BCUT2D eigenvalue weighted by Crippen LogP contribution is 2.28. The first-order valence-electron chi connectivity index (χ1n) is 3.87. The van der Waals surface area contributed by atoms with E-state index in [1.54, 1.807) is 12.1 Å². The molecule has 0 aliphatic carbocycles. The van der Waals surface area contributed by atoms with Crippen molar-refractivity contribution in [1.29, 1.82) is 0 Å². The van der Waals surface area contributed by atoms with Crippen LogP contribution in [0.2, 0.25) is 15.5 Å². The van der Waals surface area contributed by atoms with Crippen LogP contribution in [-0.4, -0.2) is 9.97 Å². The first-order chi connectivity index (χ1) is 6.59. The summed E-state index contributed by atoms with van der Waals surface area (Å²) in [5, 5.41) is 1.88. The second-order valence-corrected chi connectivity index (χ2v) is 3.96. The van der Waals surface area contributed by atoms with Crippen LogP contribution < -0.4 is 0 Å². The SMILES string of the molecule is Cc1c(Cl)ccc2c(Cl)nc(Cl)nc12. The number of halogens is 3. The second-order valence-electron chi connectivity index (χ2n) is 2.85. The number of hydrogen-bond donors (Lipinski definition) is 0. The molecule has 0 N–H and O–H groups in total. The smallest absolute Gasteiger partial charge is 0.217 e. The minimum atomic E-state index is 0.132. The molecule has 2 aromatic rings. The fourth-order valence-electron chi connectivity index (χ4n) is 1.24. The highest BCUT2D eigenvalue weighted by atomic mass is 35.5. The summed E-state index contributed by atoms with van der Waals surface area (Å²) < 4.78 is 0. The van der Waals surface area contributed by atoms with Gasteiger partial charge in [-0.3, -0.25) is 0 Å². The topological polar surface area (TPSA) is 25.8 Å². The number of benzene rings is 1. The average molecular weight is 248 g/mol. The molecular weight excluding hydrogens is 242 g/mol. The Bertz CT molecular complexity index is 511. The molecule has 0 fully saturated rings. The van der Waals surface area contributed by atoms with Gasteiger partial charge in [-0.05, 0) is 36.2 Å². The van der Waals surface area contributed by atoms with Crippen molar-refractivity contribution in [2.45, 2.75) is 6.92 Å². The zero-order valence-corrected chi connectivity index (χ0v) is 9.45. The largest absolute Gasteiger partial charge is 0.224 e. The van der Waals surface area contributed by atoms with Gasteiger partial charge in [-0.25, -0.2) is 9.97 Å². The zero-order valence-electron chi connectivity index (χ0n) is 7.18. The molecule has 0 saturated carbocycles. The van der Waals surface area contributed by atoms with Crippen LogP contribution in [0, 0.1) is 6.92 Å². The maximum atomic E-state index is 5.95. The van der Waals surface area contributed by atoms with Gasteiger partial charge in [0.2, 0.25) is 5.28 Å². The molecule has 0 saturated heterocycles. The average Bonchev–Trinajstić information content (AvgIpc) is 2.12. The van der Waals surface area contributed by atoms with Crippen molar-refractivity contribution < 1.29 is 0 Å². The highest BCUT2D eigenvalue weighted by Gasteiger charge is 2.08. The monoisotopic (exact) mass is 246 g/mol. The molecule has 1 heterocycles. The Balaban J connectivity index is 2.95. The summed E-state index contributed by atoms with van der Waals surface area (Å²) in [5.41, 5.74) is 1.55.